The molecule has 0 atom stereocenters. The summed E-state index contributed by atoms with van der Waals surface area (Å²) in [6, 6.07) is 5.53. The van der Waals surface area contributed by atoms with Crippen LogP contribution in [0, 0.1) is 6.92 Å². The maximum absolute atomic E-state index is 12.6. The van der Waals surface area contributed by atoms with Gasteiger partial charge in [0.1, 0.15) is 0 Å². The van der Waals surface area contributed by atoms with E-state index in [0.29, 0.717) is 22.9 Å². The Labute approximate surface area is 146 Å². The van der Waals surface area contributed by atoms with Gasteiger partial charge in [-0.15, -0.1) is 0 Å². The van der Waals surface area contributed by atoms with E-state index in [0.717, 1.165) is 31.6 Å². The molecule has 0 unspecified atom stereocenters. The van der Waals surface area contributed by atoms with E-state index in [4.69, 9.17) is 14.2 Å². The molecule has 2 aromatic rings. The molecule has 1 aromatic carbocycles. The zero-order chi connectivity index (χ0) is 17.8. The number of methoxy groups -OCH3 is 2. The molecule has 0 radical (unpaired) electrons. The van der Waals surface area contributed by atoms with E-state index in [9.17, 15) is 4.79 Å². The number of ether oxygens (including phenoxy) is 3. The van der Waals surface area contributed by atoms with Gasteiger partial charge in [0.2, 0.25) is 0 Å². The number of carbonyl (C=O) groups excluding carboxylic acids is 1. The highest BCUT2D eigenvalue weighted by Crippen LogP contribution is 2.30. The highest BCUT2D eigenvalue weighted by atomic mass is 16.5. The number of benzene rings is 1. The molecule has 134 valence electrons. The molecule has 1 aliphatic rings. The first-order valence-corrected chi connectivity index (χ1v) is 8.29. The van der Waals surface area contributed by atoms with E-state index in [1.807, 2.05) is 17.8 Å². The van der Waals surface area contributed by atoms with Crippen LogP contribution in [0.2, 0.25) is 0 Å². The third-order valence-electron chi connectivity index (χ3n) is 4.34. The van der Waals surface area contributed by atoms with Gasteiger partial charge in [0.25, 0.3) is 5.91 Å². The quantitative estimate of drug-likeness (QED) is 0.902. The predicted molar refractivity (Wildman–Crippen MR) is 93.6 cm³/mol. The SMILES string of the molecule is COc1ccc(NC(=O)c2nn(C3CCOCC3)cc2C)cc1OC. The second-order valence-electron chi connectivity index (χ2n) is 6.01. The van der Waals surface area contributed by atoms with Crippen LogP contribution in [0.4, 0.5) is 5.69 Å². The Hall–Kier alpha value is -2.54. The van der Waals surface area contributed by atoms with Crippen LogP contribution in [0.1, 0.15) is 34.9 Å². The van der Waals surface area contributed by atoms with Gasteiger partial charge < -0.3 is 19.5 Å². The summed E-state index contributed by atoms with van der Waals surface area (Å²) >= 11 is 0. The van der Waals surface area contributed by atoms with Crippen LogP contribution < -0.4 is 14.8 Å². The third kappa shape index (κ3) is 3.76. The number of aromatic nitrogens is 2. The number of aryl methyl sites for hydroxylation is 1. The van der Waals surface area contributed by atoms with Crippen molar-refractivity contribution in [2.24, 2.45) is 0 Å². The summed E-state index contributed by atoms with van der Waals surface area (Å²) < 4.78 is 17.7. The molecule has 25 heavy (non-hydrogen) atoms. The molecule has 1 aliphatic heterocycles. The maximum atomic E-state index is 12.6. The van der Waals surface area contributed by atoms with Crippen molar-refractivity contribution >= 4 is 11.6 Å². The Bertz CT molecular complexity index is 751. The summed E-state index contributed by atoms with van der Waals surface area (Å²) in [4.78, 5) is 12.6. The van der Waals surface area contributed by atoms with Crippen LogP contribution in [0.25, 0.3) is 0 Å². The number of anilines is 1. The monoisotopic (exact) mass is 345 g/mol. The number of nitrogens with one attached hydrogen (secondary N) is 1. The average Bonchev–Trinajstić information content (AvgIpc) is 3.04. The molecule has 3 rings (SSSR count). The minimum atomic E-state index is -0.240. The number of rotatable bonds is 5. The molecule has 0 aliphatic carbocycles. The van der Waals surface area contributed by atoms with E-state index < -0.39 is 0 Å². The summed E-state index contributed by atoms with van der Waals surface area (Å²) in [6.45, 7) is 3.36. The first-order valence-electron chi connectivity index (χ1n) is 8.29. The molecular weight excluding hydrogens is 322 g/mol. The van der Waals surface area contributed by atoms with Gasteiger partial charge in [-0.3, -0.25) is 9.48 Å². The van der Waals surface area contributed by atoms with E-state index in [1.54, 1.807) is 32.4 Å². The lowest BCUT2D eigenvalue weighted by Gasteiger charge is -2.22. The second-order valence-corrected chi connectivity index (χ2v) is 6.01. The van der Waals surface area contributed by atoms with Crippen molar-refractivity contribution in [2.75, 3.05) is 32.8 Å². The molecule has 0 saturated carbocycles. The van der Waals surface area contributed by atoms with Crippen LogP contribution in [-0.2, 0) is 4.74 Å². The van der Waals surface area contributed by atoms with Crippen molar-refractivity contribution in [3.63, 3.8) is 0 Å². The number of amides is 1. The minimum absolute atomic E-state index is 0.240. The number of carbonyl (C=O) groups is 1. The lowest BCUT2D eigenvalue weighted by Crippen LogP contribution is -2.21. The summed E-state index contributed by atoms with van der Waals surface area (Å²) in [5.41, 5.74) is 1.91. The fraction of sp³-hybridized carbons (Fsp3) is 0.444. The summed E-state index contributed by atoms with van der Waals surface area (Å²) in [5.74, 6) is 0.931. The van der Waals surface area contributed by atoms with Gasteiger partial charge in [0, 0.05) is 36.7 Å². The van der Waals surface area contributed by atoms with Crippen LogP contribution >= 0.6 is 0 Å². The van der Waals surface area contributed by atoms with Gasteiger partial charge in [-0.25, -0.2) is 0 Å². The van der Waals surface area contributed by atoms with E-state index in [2.05, 4.69) is 10.4 Å². The smallest absolute Gasteiger partial charge is 0.276 e. The molecule has 1 saturated heterocycles. The van der Waals surface area contributed by atoms with Crippen molar-refractivity contribution in [1.29, 1.82) is 0 Å². The van der Waals surface area contributed by atoms with E-state index in [1.165, 1.54) is 0 Å². The molecule has 1 amide bonds. The van der Waals surface area contributed by atoms with Crippen molar-refractivity contribution < 1.29 is 19.0 Å². The van der Waals surface area contributed by atoms with Crippen molar-refractivity contribution in [2.45, 2.75) is 25.8 Å². The molecule has 1 fully saturated rings. The molecular formula is C18H23N3O4. The first-order chi connectivity index (χ1) is 12.1. The highest BCUT2D eigenvalue weighted by Gasteiger charge is 2.21. The Morgan fingerprint density at radius 1 is 1.24 bits per heavy atom. The molecule has 2 heterocycles. The van der Waals surface area contributed by atoms with Crippen LogP contribution in [0.5, 0.6) is 11.5 Å². The fourth-order valence-corrected chi connectivity index (χ4v) is 2.95. The minimum Gasteiger partial charge on any atom is -0.493 e. The van der Waals surface area contributed by atoms with E-state index in [-0.39, 0.29) is 11.9 Å². The molecule has 7 nitrogen and oxygen atoms in total. The van der Waals surface area contributed by atoms with Gasteiger partial charge in [-0.2, -0.15) is 5.10 Å². The first kappa shape index (κ1) is 17.3. The molecule has 1 aromatic heterocycles. The molecule has 1 N–H and O–H groups in total. The van der Waals surface area contributed by atoms with Crippen LogP contribution in [0.3, 0.4) is 0 Å². The normalized spacial score (nSPS) is 15.0. The van der Waals surface area contributed by atoms with Crippen molar-refractivity contribution in [3.8, 4) is 11.5 Å². The zero-order valence-corrected chi connectivity index (χ0v) is 14.7. The molecule has 7 heteroatoms. The lowest BCUT2D eigenvalue weighted by atomic mass is 10.1. The van der Waals surface area contributed by atoms with Gasteiger partial charge in [0.05, 0.1) is 20.3 Å². The highest BCUT2D eigenvalue weighted by molar-refractivity contribution is 6.03. The number of hydrogen-bond donors (Lipinski definition) is 1. The second kappa shape index (κ2) is 7.57. The predicted octanol–water partition coefficient (Wildman–Crippen LogP) is 2.81. The fourth-order valence-electron chi connectivity index (χ4n) is 2.95. The average molecular weight is 345 g/mol. The van der Waals surface area contributed by atoms with Gasteiger partial charge in [0.15, 0.2) is 17.2 Å². The lowest BCUT2D eigenvalue weighted by molar-refractivity contribution is 0.0661. The largest absolute Gasteiger partial charge is 0.493 e. The summed E-state index contributed by atoms with van der Waals surface area (Å²) in [6.07, 6.45) is 3.76. The summed E-state index contributed by atoms with van der Waals surface area (Å²) in [5, 5.41) is 7.37. The number of hydrogen-bond acceptors (Lipinski definition) is 5. The Balaban J connectivity index is 1.76. The Morgan fingerprint density at radius 2 is 1.96 bits per heavy atom. The topological polar surface area (TPSA) is 74.6 Å². The molecule has 0 spiro atoms. The van der Waals surface area contributed by atoms with Gasteiger partial charge >= 0.3 is 0 Å². The van der Waals surface area contributed by atoms with Gasteiger partial charge in [-0.1, -0.05) is 0 Å². The van der Waals surface area contributed by atoms with E-state index >= 15 is 0 Å². The van der Waals surface area contributed by atoms with Crippen LogP contribution in [0.15, 0.2) is 24.4 Å². The molecule has 0 bridgehead atoms. The van der Waals surface area contributed by atoms with Crippen molar-refractivity contribution in [1.82, 2.24) is 9.78 Å². The maximum Gasteiger partial charge on any atom is 0.276 e. The summed E-state index contributed by atoms with van der Waals surface area (Å²) in [7, 11) is 3.13. The number of nitrogens with zero attached hydrogens (tertiary/aromatic N) is 2. The third-order valence-corrected chi connectivity index (χ3v) is 4.34. The Kier molecular flexibility index (Phi) is 5.23. The standard InChI is InChI=1S/C18H23N3O4/c1-12-11-21(14-6-8-25-9-7-14)20-17(12)18(22)19-13-4-5-15(23-2)16(10-13)24-3/h4-5,10-11,14H,6-9H2,1-3H3,(H,19,22). The van der Waals surface area contributed by atoms with Crippen LogP contribution in [-0.4, -0.2) is 43.1 Å². The van der Waals surface area contributed by atoms with Crippen molar-refractivity contribution in [3.05, 3.63) is 35.7 Å². The van der Waals surface area contributed by atoms with Gasteiger partial charge in [-0.05, 0) is 31.9 Å². The Morgan fingerprint density at radius 3 is 2.64 bits per heavy atom. The zero-order valence-electron chi connectivity index (χ0n) is 14.7.